The van der Waals surface area contributed by atoms with Crippen molar-refractivity contribution in [2.45, 2.75) is 6.92 Å². The summed E-state index contributed by atoms with van der Waals surface area (Å²) in [5.41, 5.74) is 2.40. The van der Waals surface area contributed by atoms with Crippen molar-refractivity contribution in [3.8, 4) is 11.8 Å². The Balaban J connectivity index is 1.94. The first-order valence-corrected chi connectivity index (χ1v) is 7.01. The van der Waals surface area contributed by atoms with Gasteiger partial charge in [-0.25, -0.2) is 0 Å². The average molecular weight is 306 g/mol. The fourth-order valence-electron chi connectivity index (χ4n) is 2.40. The predicted molar refractivity (Wildman–Crippen MR) is 86.6 cm³/mol. The van der Waals surface area contributed by atoms with Crippen LogP contribution in [0.4, 0.5) is 5.69 Å². The SMILES string of the molecule is COc1ccc2oc(C(=O)Nc3cccc(C#N)c3)c(C)c2c1. The van der Waals surface area contributed by atoms with Gasteiger partial charge in [0.15, 0.2) is 5.76 Å². The first-order valence-electron chi connectivity index (χ1n) is 7.01. The highest BCUT2D eigenvalue weighted by Gasteiger charge is 2.18. The van der Waals surface area contributed by atoms with Crippen molar-refractivity contribution >= 4 is 22.6 Å². The molecule has 0 radical (unpaired) electrons. The van der Waals surface area contributed by atoms with Crippen LogP contribution >= 0.6 is 0 Å². The zero-order valence-electron chi connectivity index (χ0n) is 12.7. The lowest BCUT2D eigenvalue weighted by molar-refractivity contribution is 0.0998. The van der Waals surface area contributed by atoms with Crippen LogP contribution in [0.1, 0.15) is 21.7 Å². The van der Waals surface area contributed by atoms with Crippen LogP contribution in [0.15, 0.2) is 46.9 Å². The van der Waals surface area contributed by atoms with Crippen LogP contribution in [-0.2, 0) is 0 Å². The number of methoxy groups -OCH3 is 1. The second-order valence-electron chi connectivity index (χ2n) is 5.07. The molecular formula is C18H14N2O3. The highest BCUT2D eigenvalue weighted by Crippen LogP contribution is 2.29. The minimum atomic E-state index is -0.354. The molecule has 23 heavy (non-hydrogen) atoms. The van der Waals surface area contributed by atoms with Gasteiger partial charge in [0.25, 0.3) is 5.91 Å². The van der Waals surface area contributed by atoms with Crippen LogP contribution in [0, 0.1) is 18.3 Å². The standard InChI is InChI=1S/C18H14N2O3/c1-11-15-9-14(22-2)6-7-16(15)23-17(11)18(21)20-13-5-3-4-12(8-13)10-19/h3-9H,1-2H3,(H,20,21). The third-order valence-corrected chi connectivity index (χ3v) is 3.60. The Bertz CT molecular complexity index is 935. The monoisotopic (exact) mass is 306 g/mol. The molecule has 0 saturated carbocycles. The number of furan rings is 1. The first-order chi connectivity index (χ1) is 11.1. The number of hydrogen-bond donors (Lipinski definition) is 1. The van der Waals surface area contributed by atoms with Crippen LogP contribution in [0.2, 0.25) is 0 Å². The molecule has 1 heterocycles. The van der Waals surface area contributed by atoms with Crippen LogP contribution in [0.5, 0.6) is 5.75 Å². The second-order valence-corrected chi connectivity index (χ2v) is 5.07. The number of nitrogens with zero attached hydrogens (tertiary/aromatic N) is 1. The molecule has 5 heteroatoms. The molecule has 3 aromatic rings. The second kappa shape index (κ2) is 5.85. The number of amides is 1. The number of fused-ring (bicyclic) bond motifs is 1. The maximum absolute atomic E-state index is 12.4. The van der Waals surface area contributed by atoms with E-state index >= 15 is 0 Å². The summed E-state index contributed by atoms with van der Waals surface area (Å²) >= 11 is 0. The summed E-state index contributed by atoms with van der Waals surface area (Å²) in [4.78, 5) is 12.4. The minimum Gasteiger partial charge on any atom is -0.497 e. The van der Waals surface area contributed by atoms with Gasteiger partial charge in [-0.05, 0) is 43.3 Å². The van der Waals surface area contributed by atoms with Crippen molar-refractivity contribution in [2.24, 2.45) is 0 Å². The zero-order valence-corrected chi connectivity index (χ0v) is 12.7. The van der Waals surface area contributed by atoms with Gasteiger partial charge in [-0.1, -0.05) is 6.07 Å². The number of hydrogen-bond acceptors (Lipinski definition) is 4. The maximum atomic E-state index is 12.4. The largest absolute Gasteiger partial charge is 0.497 e. The van der Waals surface area contributed by atoms with Gasteiger partial charge in [-0.15, -0.1) is 0 Å². The van der Waals surface area contributed by atoms with Crippen LogP contribution in [0.25, 0.3) is 11.0 Å². The molecule has 0 atom stereocenters. The van der Waals surface area contributed by atoms with Crippen LogP contribution < -0.4 is 10.1 Å². The summed E-state index contributed by atoms with van der Waals surface area (Å²) in [5, 5.41) is 12.5. The third kappa shape index (κ3) is 2.74. The molecule has 0 bridgehead atoms. The van der Waals surface area contributed by atoms with E-state index in [1.165, 1.54) is 0 Å². The molecule has 0 saturated heterocycles. The highest BCUT2D eigenvalue weighted by atomic mass is 16.5. The molecule has 114 valence electrons. The maximum Gasteiger partial charge on any atom is 0.291 e. The topological polar surface area (TPSA) is 75.3 Å². The summed E-state index contributed by atoms with van der Waals surface area (Å²) in [7, 11) is 1.59. The molecule has 1 N–H and O–H groups in total. The summed E-state index contributed by atoms with van der Waals surface area (Å²) < 4.78 is 10.9. The Hall–Kier alpha value is -3.26. The van der Waals surface area contributed by atoms with Gasteiger partial charge >= 0.3 is 0 Å². The highest BCUT2D eigenvalue weighted by molar-refractivity contribution is 6.06. The van der Waals surface area contributed by atoms with Crippen LogP contribution in [-0.4, -0.2) is 13.0 Å². The predicted octanol–water partition coefficient (Wildman–Crippen LogP) is 3.87. The van der Waals surface area contributed by atoms with E-state index in [4.69, 9.17) is 14.4 Å². The van der Waals surface area contributed by atoms with E-state index in [0.717, 1.165) is 10.9 Å². The van der Waals surface area contributed by atoms with Crippen LogP contribution in [0.3, 0.4) is 0 Å². The zero-order chi connectivity index (χ0) is 16.4. The lowest BCUT2D eigenvalue weighted by Crippen LogP contribution is -2.12. The molecule has 0 aliphatic rings. The number of rotatable bonds is 3. The first kappa shape index (κ1) is 14.7. The number of carbonyl (C=O) groups excluding carboxylic acids is 1. The molecule has 1 aromatic heterocycles. The smallest absolute Gasteiger partial charge is 0.291 e. The molecule has 0 unspecified atom stereocenters. The van der Waals surface area contributed by atoms with Gasteiger partial charge in [0.05, 0.1) is 18.7 Å². The molecule has 0 spiro atoms. The van der Waals surface area contributed by atoms with Crippen molar-refractivity contribution in [3.05, 3.63) is 59.4 Å². The number of nitriles is 1. The number of ether oxygens (including phenoxy) is 1. The van der Waals surface area contributed by atoms with E-state index in [-0.39, 0.29) is 11.7 Å². The van der Waals surface area contributed by atoms with E-state index in [1.54, 1.807) is 43.5 Å². The van der Waals surface area contributed by atoms with Crippen molar-refractivity contribution in [2.75, 3.05) is 12.4 Å². The Kier molecular flexibility index (Phi) is 3.73. The molecule has 0 fully saturated rings. The van der Waals surface area contributed by atoms with Crippen molar-refractivity contribution in [1.29, 1.82) is 5.26 Å². The molecule has 2 aromatic carbocycles. The quantitative estimate of drug-likeness (QED) is 0.797. The molecule has 0 aliphatic heterocycles. The van der Waals surface area contributed by atoms with Crippen molar-refractivity contribution < 1.29 is 13.9 Å². The fraction of sp³-hybridized carbons (Fsp3) is 0.111. The summed E-state index contributed by atoms with van der Waals surface area (Å²) in [5.74, 6) is 0.596. The van der Waals surface area contributed by atoms with E-state index in [1.807, 2.05) is 19.1 Å². The lowest BCUT2D eigenvalue weighted by atomic mass is 10.1. The normalized spacial score (nSPS) is 10.3. The Morgan fingerprint density at radius 2 is 2.09 bits per heavy atom. The Morgan fingerprint density at radius 1 is 1.26 bits per heavy atom. The third-order valence-electron chi connectivity index (χ3n) is 3.60. The lowest BCUT2D eigenvalue weighted by Gasteiger charge is -2.03. The van der Waals surface area contributed by atoms with Crippen molar-refractivity contribution in [3.63, 3.8) is 0 Å². The molecule has 5 nitrogen and oxygen atoms in total. The van der Waals surface area contributed by atoms with Gasteiger partial charge < -0.3 is 14.5 Å². The number of anilines is 1. The molecule has 0 aliphatic carbocycles. The summed E-state index contributed by atoms with van der Waals surface area (Å²) in [6, 6.07) is 14.1. The number of benzene rings is 2. The fourth-order valence-corrected chi connectivity index (χ4v) is 2.40. The number of nitrogens with one attached hydrogen (secondary N) is 1. The minimum absolute atomic E-state index is 0.246. The number of carbonyl (C=O) groups is 1. The van der Waals surface area contributed by atoms with Gasteiger partial charge in [0.1, 0.15) is 11.3 Å². The van der Waals surface area contributed by atoms with Gasteiger partial charge in [0, 0.05) is 16.6 Å². The van der Waals surface area contributed by atoms with E-state index in [0.29, 0.717) is 22.6 Å². The van der Waals surface area contributed by atoms with Gasteiger partial charge in [-0.3, -0.25) is 4.79 Å². The molecular weight excluding hydrogens is 292 g/mol. The summed E-state index contributed by atoms with van der Waals surface area (Å²) in [6.45, 7) is 1.83. The van der Waals surface area contributed by atoms with E-state index < -0.39 is 0 Å². The van der Waals surface area contributed by atoms with Crippen molar-refractivity contribution in [1.82, 2.24) is 0 Å². The molecule has 1 amide bonds. The molecule has 3 rings (SSSR count). The van der Waals surface area contributed by atoms with E-state index in [2.05, 4.69) is 5.32 Å². The number of aryl methyl sites for hydroxylation is 1. The average Bonchev–Trinajstić information content (AvgIpc) is 2.91. The summed E-state index contributed by atoms with van der Waals surface area (Å²) in [6.07, 6.45) is 0. The van der Waals surface area contributed by atoms with E-state index in [9.17, 15) is 4.79 Å². The Labute approximate surface area is 133 Å². The van der Waals surface area contributed by atoms with Gasteiger partial charge in [0.2, 0.25) is 0 Å². The van der Waals surface area contributed by atoms with Gasteiger partial charge in [-0.2, -0.15) is 5.26 Å². The Morgan fingerprint density at radius 3 is 2.83 bits per heavy atom.